The fourth-order valence-electron chi connectivity index (χ4n) is 2.43. The third-order valence-electron chi connectivity index (χ3n) is 3.58. The van der Waals surface area contributed by atoms with E-state index < -0.39 is 5.82 Å². The van der Waals surface area contributed by atoms with Gasteiger partial charge in [-0.3, -0.25) is 9.59 Å². The highest BCUT2D eigenvalue weighted by atomic mass is 19.1. The number of fused-ring (bicyclic) bond motifs is 1. The lowest BCUT2D eigenvalue weighted by Gasteiger charge is -2.28. The Hall–Kier alpha value is -2.89. The third kappa shape index (κ3) is 3.01. The lowest BCUT2D eigenvalue weighted by atomic mass is 10.1. The summed E-state index contributed by atoms with van der Waals surface area (Å²) in [5.74, 6) is -0.270. The van der Waals surface area contributed by atoms with Crippen LogP contribution in [0.25, 0.3) is 0 Å². The summed E-state index contributed by atoms with van der Waals surface area (Å²) in [6, 6.07) is 10.4. The van der Waals surface area contributed by atoms with E-state index in [1.165, 1.54) is 24.3 Å². The van der Waals surface area contributed by atoms with Crippen LogP contribution in [-0.2, 0) is 4.79 Å². The van der Waals surface area contributed by atoms with Crippen molar-refractivity contribution in [3.8, 4) is 5.75 Å². The van der Waals surface area contributed by atoms with Gasteiger partial charge in [-0.05, 0) is 49.4 Å². The number of nitrogens with zero attached hydrogens (tertiary/aromatic N) is 1. The van der Waals surface area contributed by atoms with Gasteiger partial charge in [0.05, 0.1) is 5.69 Å². The van der Waals surface area contributed by atoms with E-state index in [9.17, 15) is 14.0 Å². The Kier molecular flexibility index (Phi) is 3.97. The molecule has 0 spiro atoms. The maximum absolute atomic E-state index is 12.9. The van der Waals surface area contributed by atoms with Crippen LogP contribution in [0.5, 0.6) is 5.75 Å². The smallest absolute Gasteiger partial charge is 0.265 e. The molecule has 0 bridgehead atoms. The lowest BCUT2D eigenvalue weighted by Crippen LogP contribution is -2.38. The van der Waals surface area contributed by atoms with E-state index in [0.29, 0.717) is 29.2 Å². The highest BCUT2D eigenvalue weighted by Crippen LogP contribution is 2.34. The molecule has 1 aliphatic heterocycles. The zero-order valence-corrected chi connectivity index (χ0v) is 12.5. The molecular weight excluding hydrogens is 299 g/mol. The number of hydrogen-bond donors (Lipinski definition) is 1. The summed E-state index contributed by atoms with van der Waals surface area (Å²) >= 11 is 0. The van der Waals surface area contributed by atoms with E-state index in [1.807, 2.05) is 6.92 Å². The SMILES string of the molecule is CCN1C(=O)COc2ccc(NC(=O)c3ccc(F)cc3)cc21. The number of hydrogen-bond acceptors (Lipinski definition) is 3. The van der Waals surface area contributed by atoms with Gasteiger partial charge in [0.25, 0.3) is 11.8 Å². The molecule has 23 heavy (non-hydrogen) atoms. The molecule has 0 atom stereocenters. The Labute approximate surface area is 132 Å². The minimum atomic E-state index is -0.399. The fourth-order valence-corrected chi connectivity index (χ4v) is 2.43. The summed E-state index contributed by atoms with van der Waals surface area (Å²) in [6.07, 6.45) is 0. The van der Waals surface area contributed by atoms with Gasteiger partial charge in [0.1, 0.15) is 11.6 Å². The molecule has 1 aliphatic rings. The second-order valence-electron chi connectivity index (χ2n) is 5.07. The first-order valence-electron chi connectivity index (χ1n) is 7.22. The molecule has 3 rings (SSSR count). The van der Waals surface area contributed by atoms with E-state index >= 15 is 0 Å². The van der Waals surface area contributed by atoms with Crippen molar-refractivity contribution in [2.75, 3.05) is 23.4 Å². The van der Waals surface area contributed by atoms with Crippen molar-refractivity contribution in [2.45, 2.75) is 6.92 Å². The van der Waals surface area contributed by atoms with Crippen molar-refractivity contribution in [3.63, 3.8) is 0 Å². The number of likely N-dealkylation sites (N-methyl/N-ethyl adjacent to an activating group) is 1. The minimum Gasteiger partial charge on any atom is -0.482 e. The molecule has 2 aromatic rings. The summed E-state index contributed by atoms with van der Waals surface area (Å²) in [6.45, 7) is 2.41. The van der Waals surface area contributed by atoms with Crippen molar-refractivity contribution >= 4 is 23.2 Å². The Morgan fingerprint density at radius 1 is 1.26 bits per heavy atom. The van der Waals surface area contributed by atoms with Crippen LogP contribution in [0.4, 0.5) is 15.8 Å². The second kappa shape index (κ2) is 6.08. The number of nitrogens with one attached hydrogen (secondary N) is 1. The maximum atomic E-state index is 12.9. The van der Waals surface area contributed by atoms with Crippen LogP contribution in [-0.4, -0.2) is 25.0 Å². The van der Waals surface area contributed by atoms with Gasteiger partial charge in [-0.1, -0.05) is 0 Å². The van der Waals surface area contributed by atoms with Crippen LogP contribution in [0.3, 0.4) is 0 Å². The average molecular weight is 314 g/mol. The first-order valence-corrected chi connectivity index (χ1v) is 7.22. The summed E-state index contributed by atoms with van der Waals surface area (Å²) in [7, 11) is 0. The number of carbonyl (C=O) groups excluding carboxylic acids is 2. The standard InChI is InChI=1S/C17H15FN2O3/c1-2-20-14-9-13(7-8-15(14)23-10-16(20)21)19-17(22)11-3-5-12(18)6-4-11/h3-9H,2,10H2,1H3,(H,19,22). The van der Waals surface area contributed by atoms with Crippen LogP contribution < -0.4 is 15.0 Å². The van der Waals surface area contributed by atoms with Crippen LogP contribution in [0.15, 0.2) is 42.5 Å². The van der Waals surface area contributed by atoms with Crippen LogP contribution in [0.1, 0.15) is 17.3 Å². The molecule has 6 heteroatoms. The Morgan fingerprint density at radius 2 is 2.00 bits per heavy atom. The summed E-state index contributed by atoms with van der Waals surface area (Å²) in [5.41, 5.74) is 1.51. The highest BCUT2D eigenvalue weighted by Gasteiger charge is 2.24. The van der Waals surface area contributed by atoms with Crippen molar-refractivity contribution in [3.05, 3.63) is 53.8 Å². The lowest BCUT2D eigenvalue weighted by molar-refractivity contribution is -0.121. The predicted octanol–water partition coefficient (Wildman–Crippen LogP) is 2.82. The van der Waals surface area contributed by atoms with Crippen LogP contribution >= 0.6 is 0 Å². The van der Waals surface area contributed by atoms with Gasteiger partial charge in [-0.2, -0.15) is 0 Å². The normalized spacial score (nSPS) is 13.3. The van der Waals surface area contributed by atoms with E-state index in [0.717, 1.165) is 0 Å². The molecule has 118 valence electrons. The summed E-state index contributed by atoms with van der Waals surface area (Å²) < 4.78 is 18.3. The molecule has 0 radical (unpaired) electrons. The Morgan fingerprint density at radius 3 is 2.70 bits per heavy atom. The molecule has 2 amide bonds. The molecule has 0 saturated carbocycles. The second-order valence-corrected chi connectivity index (χ2v) is 5.07. The first kappa shape index (κ1) is 15.0. The average Bonchev–Trinajstić information content (AvgIpc) is 2.55. The van der Waals surface area contributed by atoms with Crippen molar-refractivity contribution in [1.82, 2.24) is 0 Å². The van der Waals surface area contributed by atoms with Crippen LogP contribution in [0.2, 0.25) is 0 Å². The molecule has 0 aliphatic carbocycles. The number of amides is 2. The van der Waals surface area contributed by atoms with Gasteiger partial charge in [0.2, 0.25) is 0 Å². The largest absolute Gasteiger partial charge is 0.482 e. The van der Waals surface area contributed by atoms with E-state index in [-0.39, 0.29) is 18.4 Å². The molecule has 0 fully saturated rings. The van der Waals surface area contributed by atoms with Gasteiger partial charge in [0.15, 0.2) is 6.61 Å². The molecular formula is C17H15FN2O3. The molecule has 0 aromatic heterocycles. The monoisotopic (exact) mass is 314 g/mol. The van der Waals surface area contributed by atoms with E-state index in [1.54, 1.807) is 23.1 Å². The Bertz CT molecular complexity index is 759. The van der Waals surface area contributed by atoms with Gasteiger partial charge in [0, 0.05) is 17.8 Å². The van der Waals surface area contributed by atoms with Gasteiger partial charge >= 0.3 is 0 Å². The summed E-state index contributed by atoms with van der Waals surface area (Å²) in [5, 5.41) is 2.73. The van der Waals surface area contributed by atoms with E-state index in [2.05, 4.69) is 5.32 Å². The topological polar surface area (TPSA) is 58.6 Å². The quantitative estimate of drug-likeness (QED) is 0.948. The molecule has 2 aromatic carbocycles. The number of anilines is 2. The molecule has 5 nitrogen and oxygen atoms in total. The number of benzene rings is 2. The van der Waals surface area contributed by atoms with Crippen molar-refractivity contribution in [2.24, 2.45) is 0 Å². The fraction of sp³-hybridized carbons (Fsp3) is 0.176. The van der Waals surface area contributed by atoms with Gasteiger partial charge < -0.3 is 15.0 Å². The predicted molar refractivity (Wildman–Crippen MR) is 84.3 cm³/mol. The molecule has 0 saturated heterocycles. The summed E-state index contributed by atoms with van der Waals surface area (Å²) in [4.78, 5) is 25.6. The molecule has 1 heterocycles. The minimum absolute atomic E-state index is 0.0160. The molecule has 0 unspecified atom stereocenters. The van der Waals surface area contributed by atoms with Crippen molar-refractivity contribution in [1.29, 1.82) is 0 Å². The molecule has 1 N–H and O–H groups in total. The highest BCUT2D eigenvalue weighted by molar-refractivity contribution is 6.05. The third-order valence-corrected chi connectivity index (χ3v) is 3.58. The Balaban J connectivity index is 1.84. The number of ether oxygens (including phenoxy) is 1. The zero-order chi connectivity index (χ0) is 16.4. The zero-order valence-electron chi connectivity index (χ0n) is 12.5. The first-order chi connectivity index (χ1) is 11.1. The number of carbonyl (C=O) groups is 2. The van der Waals surface area contributed by atoms with Gasteiger partial charge in [-0.25, -0.2) is 4.39 Å². The van der Waals surface area contributed by atoms with Gasteiger partial charge in [-0.15, -0.1) is 0 Å². The number of halogens is 1. The van der Waals surface area contributed by atoms with E-state index in [4.69, 9.17) is 4.74 Å². The maximum Gasteiger partial charge on any atom is 0.265 e. The van der Waals surface area contributed by atoms with Crippen molar-refractivity contribution < 1.29 is 18.7 Å². The van der Waals surface area contributed by atoms with Crippen LogP contribution in [0, 0.1) is 5.82 Å². The number of rotatable bonds is 3.